The largest absolute Gasteiger partial charge is 0.316 e. The maximum atomic E-state index is 4.82. The van der Waals surface area contributed by atoms with E-state index in [0.717, 1.165) is 43.1 Å². The van der Waals surface area contributed by atoms with Crippen molar-refractivity contribution in [1.82, 2.24) is 14.5 Å². The topological polar surface area (TPSA) is 33.4 Å². The monoisotopic (exact) mass is 372 g/mol. The summed E-state index contributed by atoms with van der Waals surface area (Å²) in [5.41, 5.74) is 2.17. The fourth-order valence-electron chi connectivity index (χ4n) is 2.78. The van der Waals surface area contributed by atoms with Crippen molar-refractivity contribution in [1.29, 1.82) is 0 Å². The highest BCUT2D eigenvalue weighted by Crippen LogP contribution is 2.25. The zero-order valence-corrected chi connectivity index (χ0v) is 16.4. The Bertz CT molecular complexity index is 815. The third-order valence-corrected chi connectivity index (χ3v) is 5.95. The van der Waals surface area contributed by atoms with Crippen LogP contribution in [0.15, 0.2) is 52.4 Å². The molecule has 3 heterocycles. The minimum absolute atomic E-state index is 0.902. The maximum Gasteiger partial charge on any atom is 0.190 e. The Labute approximate surface area is 157 Å². The molecular weight excluding hydrogens is 348 g/mol. The molecule has 0 fully saturated rings. The molecule has 0 spiro atoms. The number of pyridine rings is 1. The Morgan fingerprint density at radius 2 is 2.04 bits per heavy atom. The lowest BCUT2D eigenvalue weighted by Crippen LogP contribution is -2.26. The molecule has 0 saturated heterocycles. The van der Waals surface area contributed by atoms with Gasteiger partial charge in [-0.05, 0) is 49.6 Å². The van der Waals surface area contributed by atoms with Crippen molar-refractivity contribution in [3.63, 3.8) is 0 Å². The van der Waals surface area contributed by atoms with Gasteiger partial charge in [-0.1, -0.05) is 19.9 Å². The fourth-order valence-corrected chi connectivity index (χ4v) is 4.55. The number of thiazole rings is 1. The molecule has 3 rings (SSSR count). The van der Waals surface area contributed by atoms with Crippen molar-refractivity contribution < 1.29 is 0 Å². The van der Waals surface area contributed by atoms with Crippen LogP contribution < -0.4 is 4.80 Å². The molecule has 0 aliphatic carbocycles. The van der Waals surface area contributed by atoms with E-state index < -0.39 is 0 Å². The van der Waals surface area contributed by atoms with Crippen molar-refractivity contribution in [2.24, 2.45) is 4.99 Å². The van der Waals surface area contributed by atoms with Crippen molar-refractivity contribution in [3.8, 4) is 10.6 Å². The molecule has 0 atom stereocenters. The van der Waals surface area contributed by atoms with E-state index in [4.69, 9.17) is 4.99 Å². The van der Waals surface area contributed by atoms with Crippen LogP contribution in [-0.2, 0) is 6.54 Å². The summed E-state index contributed by atoms with van der Waals surface area (Å²) in [5, 5.41) is 4.35. The molecule has 0 saturated carbocycles. The average Bonchev–Trinajstić information content (AvgIpc) is 3.30. The van der Waals surface area contributed by atoms with Crippen LogP contribution in [0.4, 0.5) is 5.69 Å². The van der Waals surface area contributed by atoms with Gasteiger partial charge in [0.2, 0.25) is 0 Å². The van der Waals surface area contributed by atoms with Crippen molar-refractivity contribution in [2.75, 3.05) is 19.6 Å². The number of hydrogen-bond donors (Lipinski definition) is 0. The van der Waals surface area contributed by atoms with Gasteiger partial charge in [0.1, 0.15) is 0 Å². The number of rotatable bonds is 8. The second kappa shape index (κ2) is 9.08. The second-order valence-corrected chi connectivity index (χ2v) is 7.52. The Morgan fingerprint density at radius 3 is 2.72 bits per heavy atom. The Hall–Kier alpha value is -1.76. The van der Waals surface area contributed by atoms with E-state index in [1.54, 1.807) is 28.9 Å². The Kier molecular flexibility index (Phi) is 6.55. The van der Waals surface area contributed by atoms with Crippen molar-refractivity contribution in [3.05, 3.63) is 52.2 Å². The van der Waals surface area contributed by atoms with Gasteiger partial charge in [0.25, 0.3) is 0 Å². The molecule has 4 nitrogen and oxygen atoms in total. The van der Waals surface area contributed by atoms with E-state index >= 15 is 0 Å². The molecule has 0 amide bonds. The summed E-state index contributed by atoms with van der Waals surface area (Å²) < 4.78 is 2.35. The van der Waals surface area contributed by atoms with Gasteiger partial charge in [-0.2, -0.15) is 0 Å². The zero-order chi connectivity index (χ0) is 17.5. The lowest BCUT2D eigenvalue weighted by molar-refractivity contribution is 0.293. The SMILES string of the molecule is CCN(CC)CCCn1c(-c2cccs2)csc1=Nc1cccnc1. The Morgan fingerprint density at radius 1 is 1.16 bits per heavy atom. The fraction of sp³-hybridized carbons (Fsp3) is 0.368. The van der Waals surface area contributed by atoms with Gasteiger partial charge in [0.05, 0.1) is 22.5 Å². The molecule has 3 aromatic rings. The summed E-state index contributed by atoms with van der Waals surface area (Å²) in [5.74, 6) is 0. The van der Waals surface area contributed by atoms with Crippen LogP contribution >= 0.6 is 22.7 Å². The normalized spacial score (nSPS) is 12.2. The molecule has 0 radical (unpaired) electrons. The van der Waals surface area contributed by atoms with Crippen LogP contribution in [0.2, 0.25) is 0 Å². The average molecular weight is 373 g/mol. The van der Waals surface area contributed by atoms with Gasteiger partial charge in [-0.3, -0.25) is 4.98 Å². The van der Waals surface area contributed by atoms with Gasteiger partial charge >= 0.3 is 0 Å². The number of thiophene rings is 1. The minimum Gasteiger partial charge on any atom is -0.316 e. The highest BCUT2D eigenvalue weighted by atomic mass is 32.1. The summed E-state index contributed by atoms with van der Waals surface area (Å²) >= 11 is 3.48. The lowest BCUT2D eigenvalue weighted by Gasteiger charge is -2.18. The minimum atomic E-state index is 0.902. The van der Waals surface area contributed by atoms with Gasteiger partial charge in [-0.15, -0.1) is 22.7 Å². The van der Waals surface area contributed by atoms with E-state index in [1.165, 1.54) is 10.6 Å². The molecule has 0 N–H and O–H groups in total. The number of hydrogen-bond acceptors (Lipinski definition) is 5. The summed E-state index contributed by atoms with van der Waals surface area (Å²) in [6.45, 7) is 8.76. The summed E-state index contributed by atoms with van der Waals surface area (Å²) in [7, 11) is 0. The van der Waals surface area contributed by atoms with Gasteiger partial charge in [0.15, 0.2) is 4.80 Å². The first kappa shape index (κ1) is 18.0. The van der Waals surface area contributed by atoms with Crippen LogP contribution in [0.25, 0.3) is 10.6 Å². The van der Waals surface area contributed by atoms with E-state index in [2.05, 4.69) is 51.2 Å². The van der Waals surface area contributed by atoms with Crippen LogP contribution in [0.1, 0.15) is 20.3 Å². The molecule has 0 unspecified atom stereocenters. The molecule has 0 bridgehead atoms. The maximum absolute atomic E-state index is 4.82. The molecule has 0 aliphatic rings. The quantitative estimate of drug-likeness (QED) is 0.577. The highest BCUT2D eigenvalue weighted by molar-refractivity contribution is 7.14. The number of nitrogens with zero attached hydrogens (tertiary/aromatic N) is 4. The second-order valence-electron chi connectivity index (χ2n) is 5.74. The lowest BCUT2D eigenvalue weighted by atomic mass is 10.3. The van der Waals surface area contributed by atoms with Gasteiger partial charge < -0.3 is 9.47 Å². The smallest absolute Gasteiger partial charge is 0.190 e. The predicted molar refractivity (Wildman–Crippen MR) is 107 cm³/mol. The number of aromatic nitrogens is 2. The molecular formula is C19H24N4S2. The first-order chi connectivity index (χ1) is 12.3. The zero-order valence-electron chi connectivity index (χ0n) is 14.8. The standard InChI is InChI=1S/C19H24N4S2/c1-3-22(4-2)11-7-12-23-17(18-9-6-13-24-18)15-25-19(23)21-16-8-5-10-20-14-16/h5-6,8-10,13-15H,3-4,7,11-12H2,1-2H3. The third-order valence-electron chi connectivity index (χ3n) is 4.19. The first-order valence-corrected chi connectivity index (χ1v) is 10.5. The molecule has 25 heavy (non-hydrogen) atoms. The molecule has 6 heteroatoms. The Balaban J connectivity index is 1.89. The van der Waals surface area contributed by atoms with Crippen LogP contribution in [0.5, 0.6) is 0 Å². The van der Waals surface area contributed by atoms with Crippen LogP contribution in [0.3, 0.4) is 0 Å². The van der Waals surface area contributed by atoms with Crippen LogP contribution in [-0.4, -0.2) is 34.1 Å². The molecule has 0 aliphatic heterocycles. The van der Waals surface area contributed by atoms with Gasteiger partial charge in [-0.25, -0.2) is 4.99 Å². The summed E-state index contributed by atoms with van der Waals surface area (Å²) in [6.07, 6.45) is 4.71. The molecule has 3 aromatic heterocycles. The summed E-state index contributed by atoms with van der Waals surface area (Å²) in [6, 6.07) is 8.21. The van der Waals surface area contributed by atoms with E-state index in [-0.39, 0.29) is 0 Å². The van der Waals surface area contributed by atoms with E-state index in [0.29, 0.717) is 0 Å². The molecule has 132 valence electrons. The van der Waals surface area contributed by atoms with Crippen molar-refractivity contribution in [2.45, 2.75) is 26.8 Å². The highest BCUT2D eigenvalue weighted by Gasteiger charge is 2.09. The summed E-state index contributed by atoms with van der Waals surface area (Å²) in [4.78, 5) is 13.8. The van der Waals surface area contributed by atoms with Crippen molar-refractivity contribution >= 4 is 28.4 Å². The molecule has 0 aromatic carbocycles. The van der Waals surface area contributed by atoms with E-state index in [1.807, 2.05) is 18.3 Å². The first-order valence-electron chi connectivity index (χ1n) is 8.71. The third kappa shape index (κ3) is 4.66. The predicted octanol–water partition coefficient (Wildman–Crippen LogP) is 4.64. The van der Waals surface area contributed by atoms with E-state index in [9.17, 15) is 0 Å². The van der Waals surface area contributed by atoms with Gasteiger partial charge in [0, 0.05) is 18.1 Å². The van der Waals surface area contributed by atoms with Crippen LogP contribution in [0, 0.1) is 0 Å².